The van der Waals surface area contributed by atoms with Gasteiger partial charge in [-0.1, -0.05) is 52.3 Å². The molecule has 1 N–H and O–H groups in total. The Morgan fingerprint density at radius 3 is 2.50 bits per heavy atom. The van der Waals surface area contributed by atoms with E-state index in [-0.39, 0.29) is 11.9 Å². The van der Waals surface area contributed by atoms with Gasteiger partial charge in [-0.25, -0.2) is 0 Å². The molecule has 0 aromatic heterocycles. The molecule has 0 bridgehead atoms. The number of carbonyl (C=O) groups is 1. The number of hydrogen-bond acceptors (Lipinski definition) is 1. The van der Waals surface area contributed by atoms with Crippen LogP contribution in [0.3, 0.4) is 0 Å². The van der Waals surface area contributed by atoms with Crippen molar-refractivity contribution < 1.29 is 4.79 Å². The topological polar surface area (TPSA) is 29.1 Å². The Hall–Kier alpha value is -1.61. The van der Waals surface area contributed by atoms with Crippen molar-refractivity contribution in [3.8, 4) is 0 Å². The van der Waals surface area contributed by atoms with Crippen molar-refractivity contribution in [2.75, 3.05) is 0 Å². The highest BCUT2D eigenvalue weighted by Gasteiger charge is 2.33. The summed E-state index contributed by atoms with van der Waals surface area (Å²) in [7, 11) is 0. The van der Waals surface area contributed by atoms with Gasteiger partial charge < -0.3 is 5.32 Å². The Morgan fingerprint density at radius 1 is 1.10 bits per heavy atom. The third-order valence-electron chi connectivity index (χ3n) is 3.63. The minimum Gasteiger partial charge on any atom is -0.345 e. The minimum atomic E-state index is -0.00736. The fraction of sp³-hybridized carbons (Fsp3) is 0.235. The summed E-state index contributed by atoms with van der Waals surface area (Å²) < 4.78 is 0.924. The van der Waals surface area contributed by atoms with E-state index in [2.05, 4.69) is 33.4 Å². The first-order valence-electron chi connectivity index (χ1n) is 6.85. The van der Waals surface area contributed by atoms with E-state index in [9.17, 15) is 4.79 Å². The quantitative estimate of drug-likeness (QED) is 0.888. The summed E-state index contributed by atoms with van der Waals surface area (Å²) in [5.41, 5.74) is 1.89. The molecule has 1 unspecified atom stereocenters. The predicted octanol–water partition coefficient (Wildman–Crippen LogP) is 4.33. The molecule has 2 nitrogen and oxygen atoms in total. The van der Waals surface area contributed by atoms with E-state index in [0.717, 1.165) is 4.47 Å². The zero-order chi connectivity index (χ0) is 13.9. The van der Waals surface area contributed by atoms with Gasteiger partial charge in [0.1, 0.15) is 0 Å². The van der Waals surface area contributed by atoms with Gasteiger partial charge in [0.25, 0.3) is 5.91 Å². The zero-order valence-electron chi connectivity index (χ0n) is 11.1. The summed E-state index contributed by atoms with van der Waals surface area (Å²) in [6.45, 7) is 0. The lowest BCUT2D eigenvalue weighted by Crippen LogP contribution is -2.29. The van der Waals surface area contributed by atoms with Crippen LogP contribution in [-0.4, -0.2) is 5.91 Å². The number of halogens is 1. The summed E-state index contributed by atoms with van der Waals surface area (Å²) in [4.78, 5) is 12.4. The van der Waals surface area contributed by atoms with Gasteiger partial charge in [-0.05, 0) is 42.5 Å². The molecule has 2 aromatic carbocycles. The first-order chi connectivity index (χ1) is 9.74. The van der Waals surface area contributed by atoms with Crippen LogP contribution in [0, 0.1) is 5.92 Å². The Labute approximate surface area is 127 Å². The zero-order valence-corrected chi connectivity index (χ0v) is 12.6. The number of rotatable bonds is 4. The lowest BCUT2D eigenvalue weighted by Gasteiger charge is -2.19. The molecule has 3 heteroatoms. The number of benzene rings is 2. The maximum Gasteiger partial charge on any atom is 0.251 e. The molecule has 0 saturated heterocycles. The Bertz CT molecular complexity index is 607. The van der Waals surface area contributed by atoms with Crippen LogP contribution >= 0.6 is 15.9 Å². The van der Waals surface area contributed by atoms with Gasteiger partial charge in [0, 0.05) is 10.0 Å². The van der Waals surface area contributed by atoms with E-state index in [1.165, 1.54) is 18.4 Å². The van der Waals surface area contributed by atoms with E-state index < -0.39 is 0 Å². The van der Waals surface area contributed by atoms with Crippen LogP contribution in [0.4, 0.5) is 0 Å². The summed E-state index contributed by atoms with van der Waals surface area (Å²) >= 11 is 3.40. The smallest absolute Gasteiger partial charge is 0.251 e. The van der Waals surface area contributed by atoms with Crippen molar-refractivity contribution in [2.24, 2.45) is 5.92 Å². The lowest BCUT2D eigenvalue weighted by molar-refractivity contribution is 0.0931. The first kappa shape index (κ1) is 13.4. The van der Waals surface area contributed by atoms with Crippen LogP contribution in [0.1, 0.15) is 34.8 Å². The van der Waals surface area contributed by atoms with Crippen LogP contribution in [0.15, 0.2) is 59.1 Å². The van der Waals surface area contributed by atoms with Crippen molar-refractivity contribution in [2.45, 2.75) is 18.9 Å². The first-order valence-corrected chi connectivity index (χ1v) is 7.65. The molecule has 0 aliphatic heterocycles. The highest BCUT2D eigenvalue weighted by Crippen LogP contribution is 2.41. The highest BCUT2D eigenvalue weighted by molar-refractivity contribution is 9.10. The molecule has 20 heavy (non-hydrogen) atoms. The van der Waals surface area contributed by atoms with Crippen molar-refractivity contribution in [3.05, 3.63) is 70.2 Å². The second-order valence-corrected chi connectivity index (χ2v) is 6.13. The van der Waals surface area contributed by atoms with Crippen LogP contribution in [0.2, 0.25) is 0 Å². The van der Waals surface area contributed by atoms with Crippen LogP contribution in [0.5, 0.6) is 0 Å². The summed E-state index contributed by atoms with van der Waals surface area (Å²) in [5.74, 6) is 0.570. The second kappa shape index (κ2) is 5.80. The SMILES string of the molecule is O=C(NC(c1ccccc1)C1CC1)c1cccc(Br)c1. The van der Waals surface area contributed by atoms with Gasteiger partial charge in [-0.15, -0.1) is 0 Å². The van der Waals surface area contributed by atoms with Gasteiger partial charge in [-0.2, -0.15) is 0 Å². The lowest BCUT2D eigenvalue weighted by atomic mass is 10.0. The fourth-order valence-corrected chi connectivity index (χ4v) is 2.82. The van der Waals surface area contributed by atoms with Crippen molar-refractivity contribution >= 4 is 21.8 Å². The van der Waals surface area contributed by atoms with E-state index in [1.54, 1.807) is 0 Å². The number of carbonyl (C=O) groups excluding carboxylic acids is 1. The number of nitrogens with one attached hydrogen (secondary N) is 1. The van der Waals surface area contributed by atoms with E-state index in [1.807, 2.05) is 42.5 Å². The summed E-state index contributed by atoms with van der Waals surface area (Å²) in [5, 5.41) is 3.18. The highest BCUT2D eigenvalue weighted by atomic mass is 79.9. The molecular formula is C17H16BrNO. The molecule has 1 amide bonds. The monoisotopic (exact) mass is 329 g/mol. The average molecular weight is 330 g/mol. The Morgan fingerprint density at radius 2 is 1.85 bits per heavy atom. The molecule has 1 aliphatic rings. The van der Waals surface area contributed by atoms with E-state index >= 15 is 0 Å². The third-order valence-corrected chi connectivity index (χ3v) is 4.12. The molecule has 2 aromatic rings. The molecule has 1 aliphatic carbocycles. The van der Waals surface area contributed by atoms with Gasteiger partial charge in [0.05, 0.1) is 6.04 Å². The van der Waals surface area contributed by atoms with E-state index in [4.69, 9.17) is 0 Å². The standard InChI is InChI=1S/C17H16BrNO/c18-15-8-4-7-14(11-15)17(20)19-16(13-9-10-13)12-5-2-1-3-6-12/h1-8,11,13,16H,9-10H2,(H,19,20). The molecule has 1 saturated carbocycles. The third kappa shape index (κ3) is 3.10. The van der Waals surface area contributed by atoms with Crippen molar-refractivity contribution in [1.82, 2.24) is 5.32 Å². The predicted molar refractivity (Wildman–Crippen MR) is 83.5 cm³/mol. The van der Waals surface area contributed by atoms with Crippen molar-refractivity contribution in [3.63, 3.8) is 0 Å². The van der Waals surface area contributed by atoms with Gasteiger partial charge in [-0.3, -0.25) is 4.79 Å². The van der Waals surface area contributed by atoms with Gasteiger partial charge in [0.15, 0.2) is 0 Å². The molecular weight excluding hydrogens is 314 g/mol. The van der Waals surface area contributed by atoms with Crippen LogP contribution < -0.4 is 5.32 Å². The van der Waals surface area contributed by atoms with E-state index in [0.29, 0.717) is 11.5 Å². The number of amides is 1. The molecule has 102 valence electrons. The molecule has 3 rings (SSSR count). The Balaban J connectivity index is 1.79. The average Bonchev–Trinajstić information content (AvgIpc) is 3.30. The minimum absolute atomic E-state index is 0.00736. The van der Waals surface area contributed by atoms with Gasteiger partial charge in [0.2, 0.25) is 0 Å². The summed E-state index contributed by atoms with van der Waals surface area (Å²) in [6, 6.07) is 17.9. The molecule has 0 heterocycles. The second-order valence-electron chi connectivity index (χ2n) is 5.21. The molecule has 1 atom stereocenters. The maximum absolute atomic E-state index is 12.4. The molecule has 0 spiro atoms. The van der Waals surface area contributed by atoms with Crippen LogP contribution in [0.25, 0.3) is 0 Å². The van der Waals surface area contributed by atoms with Gasteiger partial charge >= 0.3 is 0 Å². The molecule has 0 radical (unpaired) electrons. The fourth-order valence-electron chi connectivity index (χ4n) is 2.42. The summed E-state index contributed by atoms with van der Waals surface area (Å²) in [6.07, 6.45) is 2.39. The number of hydrogen-bond donors (Lipinski definition) is 1. The van der Waals surface area contributed by atoms with Crippen molar-refractivity contribution in [1.29, 1.82) is 0 Å². The van der Waals surface area contributed by atoms with Crippen LogP contribution in [-0.2, 0) is 0 Å². The Kier molecular flexibility index (Phi) is 3.88. The molecule has 1 fully saturated rings. The largest absolute Gasteiger partial charge is 0.345 e. The normalized spacial score (nSPS) is 15.7. The maximum atomic E-state index is 12.4.